The molecule has 1 rings (SSSR count). The van der Waals surface area contributed by atoms with E-state index in [9.17, 15) is 0 Å². The van der Waals surface area contributed by atoms with Crippen LogP contribution in [0.5, 0.6) is 0 Å². The number of benzene rings is 1. The average molecular weight is 275 g/mol. The SMILES string of the molecule is CN(C)CCCCCNc1ccc(Cl)c(Cl)c1. The molecule has 0 spiro atoms. The van der Waals surface area contributed by atoms with Crippen LogP contribution in [0.1, 0.15) is 19.3 Å². The van der Waals surface area contributed by atoms with E-state index in [4.69, 9.17) is 23.2 Å². The van der Waals surface area contributed by atoms with Crippen molar-refractivity contribution < 1.29 is 0 Å². The second-order valence-corrected chi connectivity index (χ2v) is 5.23. The molecule has 0 radical (unpaired) electrons. The number of halogens is 2. The Balaban J connectivity index is 2.16. The zero-order valence-corrected chi connectivity index (χ0v) is 12.0. The highest BCUT2D eigenvalue weighted by Crippen LogP contribution is 2.24. The largest absolute Gasteiger partial charge is 0.385 e. The first-order valence-corrected chi connectivity index (χ1v) is 6.69. The van der Waals surface area contributed by atoms with Gasteiger partial charge in [-0.15, -0.1) is 0 Å². The molecule has 0 aromatic heterocycles. The Bertz CT molecular complexity index is 340. The molecule has 0 aliphatic carbocycles. The van der Waals surface area contributed by atoms with Crippen LogP contribution in [0, 0.1) is 0 Å². The minimum absolute atomic E-state index is 0.600. The fourth-order valence-corrected chi connectivity index (χ4v) is 1.87. The first-order valence-electron chi connectivity index (χ1n) is 5.93. The van der Waals surface area contributed by atoms with Crippen LogP contribution >= 0.6 is 23.2 Å². The molecule has 1 aromatic rings. The smallest absolute Gasteiger partial charge is 0.0612 e. The Labute approximate surface area is 114 Å². The molecule has 1 aromatic carbocycles. The van der Waals surface area contributed by atoms with E-state index in [0.29, 0.717) is 10.0 Å². The summed E-state index contributed by atoms with van der Waals surface area (Å²) in [4.78, 5) is 2.21. The quantitative estimate of drug-likeness (QED) is 0.752. The first-order chi connectivity index (χ1) is 8.09. The molecule has 17 heavy (non-hydrogen) atoms. The Morgan fingerprint density at radius 1 is 1.06 bits per heavy atom. The average Bonchev–Trinajstić information content (AvgIpc) is 2.27. The van der Waals surface area contributed by atoms with Crippen LogP contribution < -0.4 is 5.32 Å². The van der Waals surface area contributed by atoms with Gasteiger partial charge in [0.2, 0.25) is 0 Å². The number of unbranched alkanes of at least 4 members (excludes halogenated alkanes) is 2. The number of hydrogen-bond acceptors (Lipinski definition) is 2. The maximum absolute atomic E-state index is 5.93. The lowest BCUT2D eigenvalue weighted by Gasteiger charge is -2.10. The Hall–Kier alpha value is -0.440. The van der Waals surface area contributed by atoms with Crippen molar-refractivity contribution in [1.29, 1.82) is 0 Å². The summed E-state index contributed by atoms with van der Waals surface area (Å²) in [6.07, 6.45) is 3.66. The topological polar surface area (TPSA) is 15.3 Å². The van der Waals surface area contributed by atoms with Gasteiger partial charge in [-0.25, -0.2) is 0 Å². The van der Waals surface area contributed by atoms with Gasteiger partial charge < -0.3 is 10.2 Å². The van der Waals surface area contributed by atoms with Crippen LogP contribution in [0.3, 0.4) is 0 Å². The summed E-state index contributed by atoms with van der Waals surface area (Å²) < 4.78 is 0. The van der Waals surface area contributed by atoms with Crippen LogP contribution in [-0.2, 0) is 0 Å². The molecular weight excluding hydrogens is 255 g/mol. The van der Waals surface area contributed by atoms with Crippen LogP contribution in [0.15, 0.2) is 18.2 Å². The molecule has 0 bridgehead atoms. The van der Waals surface area contributed by atoms with Crippen molar-refractivity contribution in [2.75, 3.05) is 32.5 Å². The number of nitrogens with zero attached hydrogens (tertiary/aromatic N) is 1. The zero-order chi connectivity index (χ0) is 12.7. The second kappa shape index (κ2) is 7.80. The molecule has 0 aliphatic rings. The van der Waals surface area contributed by atoms with E-state index in [1.54, 1.807) is 0 Å². The summed E-state index contributed by atoms with van der Waals surface area (Å²) in [6.45, 7) is 2.14. The number of rotatable bonds is 7. The van der Waals surface area contributed by atoms with Crippen LogP contribution in [0.2, 0.25) is 10.0 Å². The number of nitrogens with one attached hydrogen (secondary N) is 1. The molecule has 0 atom stereocenters. The molecule has 1 N–H and O–H groups in total. The van der Waals surface area contributed by atoms with Crippen LogP contribution in [0.25, 0.3) is 0 Å². The molecule has 0 unspecified atom stereocenters. The van der Waals surface area contributed by atoms with Crippen molar-refractivity contribution in [1.82, 2.24) is 4.90 Å². The van der Waals surface area contributed by atoms with E-state index in [0.717, 1.165) is 18.8 Å². The van der Waals surface area contributed by atoms with Crippen LogP contribution in [-0.4, -0.2) is 32.1 Å². The standard InChI is InChI=1S/C13H20Cl2N2/c1-17(2)9-5-3-4-8-16-11-6-7-12(14)13(15)10-11/h6-7,10,16H,3-5,8-9H2,1-2H3. The summed E-state index contributed by atoms with van der Waals surface area (Å²) in [5.41, 5.74) is 1.03. The monoisotopic (exact) mass is 274 g/mol. The van der Waals surface area contributed by atoms with E-state index in [-0.39, 0.29) is 0 Å². The van der Waals surface area contributed by atoms with Gasteiger partial charge in [0.25, 0.3) is 0 Å². The molecular formula is C13H20Cl2N2. The highest BCUT2D eigenvalue weighted by molar-refractivity contribution is 6.42. The lowest BCUT2D eigenvalue weighted by Crippen LogP contribution is -2.13. The van der Waals surface area contributed by atoms with Crippen molar-refractivity contribution in [2.45, 2.75) is 19.3 Å². The van der Waals surface area contributed by atoms with Crippen molar-refractivity contribution in [2.24, 2.45) is 0 Å². The summed E-state index contributed by atoms with van der Waals surface area (Å²) in [5, 5.41) is 4.55. The molecule has 0 saturated carbocycles. The Kier molecular flexibility index (Phi) is 6.71. The fourth-order valence-electron chi connectivity index (χ4n) is 1.57. The minimum atomic E-state index is 0.600. The predicted molar refractivity (Wildman–Crippen MR) is 77.4 cm³/mol. The van der Waals surface area contributed by atoms with E-state index in [1.165, 1.54) is 19.3 Å². The number of anilines is 1. The fraction of sp³-hybridized carbons (Fsp3) is 0.538. The predicted octanol–water partition coefficient (Wildman–Crippen LogP) is 4.14. The molecule has 4 heteroatoms. The van der Waals surface area contributed by atoms with Crippen LogP contribution in [0.4, 0.5) is 5.69 Å². The molecule has 0 fully saturated rings. The third-order valence-corrected chi connectivity index (χ3v) is 3.27. The van der Waals surface area contributed by atoms with Gasteiger partial charge in [-0.1, -0.05) is 29.6 Å². The van der Waals surface area contributed by atoms with Gasteiger partial charge in [-0.05, 0) is 51.7 Å². The van der Waals surface area contributed by atoms with Crippen molar-refractivity contribution in [3.05, 3.63) is 28.2 Å². The third kappa shape index (κ3) is 6.16. The normalized spacial score (nSPS) is 10.9. The van der Waals surface area contributed by atoms with Gasteiger partial charge in [0.1, 0.15) is 0 Å². The lowest BCUT2D eigenvalue weighted by molar-refractivity contribution is 0.393. The molecule has 0 amide bonds. The summed E-state index contributed by atoms with van der Waals surface area (Å²) in [5.74, 6) is 0. The van der Waals surface area contributed by atoms with Gasteiger partial charge in [-0.2, -0.15) is 0 Å². The van der Waals surface area contributed by atoms with Gasteiger partial charge in [0.15, 0.2) is 0 Å². The molecule has 96 valence electrons. The highest BCUT2D eigenvalue weighted by Gasteiger charge is 1.98. The first kappa shape index (κ1) is 14.6. The van der Waals surface area contributed by atoms with Gasteiger partial charge >= 0.3 is 0 Å². The molecule has 0 heterocycles. The van der Waals surface area contributed by atoms with E-state index < -0.39 is 0 Å². The third-order valence-electron chi connectivity index (χ3n) is 2.53. The van der Waals surface area contributed by atoms with E-state index in [1.807, 2.05) is 18.2 Å². The molecule has 0 aliphatic heterocycles. The minimum Gasteiger partial charge on any atom is -0.385 e. The summed E-state index contributed by atoms with van der Waals surface area (Å²) in [7, 11) is 4.21. The van der Waals surface area contributed by atoms with Crippen molar-refractivity contribution in [3.63, 3.8) is 0 Å². The lowest BCUT2D eigenvalue weighted by atomic mass is 10.2. The maximum atomic E-state index is 5.93. The van der Waals surface area contributed by atoms with Gasteiger partial charge in [0.05, 0.1) is 10.0 Å². The summed E-state index contributed by atoms with van der Waals surface area (Å²) >= 11 is 11.8. The Morgan fingerprint density at radius 2 is 1.82 bits per heavy atom. The van der Waals surface area contributed by atoms with E-state index >= 15 is 0 Å². The van der Waals surface area contributed by atoms with Crippen molar-refractivity contribution >= 4 is 28.9 Å². The second-order valence-electron chi connectivity index (χ2n) is 4.42. The molecule has 2 nitrogen and oxygen atoms in total. The Morgan fingerprint density at radius 3 is 2.47 bits per heavy atom. The van der Waals surface area contributed by atoms with Crippen molar-refractivity contribution in [3.8, 4) is 0 Å². The van der Waals surface area contributed by atoms with Gasteiger partial charge in [0, 0.05) is 12.2 Å². The zero-order valence-electron chi connectivity index (χ0n) is 10.5. The van der Waals surface area contributed by atoms with Gasteiger partial charge in [-0.3, -0.25) is 0 Å². The van der Waals surface area contributed by atoms with E-state index in [2.05, 4.69) is 24.3 Å². The summed E-state index contributed by atoms with van der Waals surface area (Å²) in [6, 6.07) is 5.63. The maximum Gasteiger partial charge on any atom is 0.0612 e. The number of hydrogen-bond donors (Lipinski definition) is 1. The highest BCUT2D eigenvalue weighted by atomic mass is 35.5. The molecule has 0 saturated heterocycles.